The van der Waals surface area contributed by atoms with Crippen LogP contribution in [0.1, 0.15) is 17.9 Å². The second-order valence-corrected chi connectivity index (χ2v) is 5.71. The molecule has 1 heterocycles. The molecule has 3 atom stereocenters. The SMILES string of the molecule is COc1cccc(C2CC2C(=O)N2CCOC(C(=O)O)C2)c1. The van der Waals surface area contributed by atoms with Crippen LogP contribution >= 0.6 is 0 Å². The van der Waals surface area contributed by atoms with Gasteiger partial charge in [-0.1, -0.05) is 12.1 Å². The Morgan fingerprint density at radius 1 is 1.41 bits per heavy atom. The van der Waals surface area contributed by atoms with Gasteiger partial charge >= 0.3 is 5.97 Å². The second kappa shape index (κ2) is 5.96. The number of aliphatic carboxylic acids is 1. The Morgan fingerprint density at radius 2 is 2.23 bits per heavy atom. The molecule has 1 N–H and O–H groups in total. The smallest absolute Gasteiger partial charge is 0.334 e. The molecular formula is C16H19NO5. The van der Waals surface area contributed by atoms with Gasteiger partial charge < -0.3 is 19.5 Å². The van der Waals surface area contributed by atoms with Crippen LogP contribution in [0.4, 0.5) is 0 Å². The van der Waals surface area contributed by atoms with Crippen molar-refractivity contribution in [3.8, 4) is 5.75 Å². The highest BCUT2D eigenvalue weighted by Gasteiger charge is 2.46. The lowest BCUT2D eigenvalue weighted by atomic mass is 10.1. The van der Waals surface area contributed by atoms with Crippen LogP contribution in [0.25, 0.3) is 0 Å². The lowest BCUT2D eigenvalue weighted by molar-refractivity contribution is -0.159. The van der Waals surface area contributed by atoms with E-state index in [4.69, 9.17) is 14.6 Å². The van der Waals surface area contributed by atoms with Crippen LogP contribution < -0.4 is 4.74 Å². The summed E-state index contributed by atoms with van der Waals surface area (Å²) < 4.78 is 10.4. The Morgan fingerprint density at radius 3 is 2.95 bits per heavy atom. The first-order chi connectivity index (χ1) is 10.6. The molecule has 1 amide bonds. The average molecular weight is 305 g/mol. The number of carbonyl (C=O) groups excluding carboxylic acids is 1. The number of methoxy groups -OCH3 is 1. The molecule has 0 bridgehead atoms. The van der Waals surface area contributed by atoms with Crippen LogP contribution in [0.2, 0.25) is 0 Å². The molecule has 1 saturated heterocycles. The van der Waals surface area contributed by atoms with Crippen molar-refractivity contribution < 1.29 is 24.2 Å². The van der Waals surface area contributed by atoms with E-state index in [1.807, 2.05) is 24.3 Å². The third-order valence-electron chi connectivity index (χ3n) is 4.28. The fourth-order valence-electron chi connectivity index (χ4n) is 2.94. The molecule has 6 nitrogen and oxygen atoms in total. The molecule has 2 fully saturated rings. The lowest BCUT2D eigenvalue weighted by Crippen LogP contribution is -2.49. The molecule has 1 aromatic carbocycles. The van der Waals surface area contributed by atoms with Crippen molar-refractivity contribution in [1.29, 1.82) is 0 Å². The first kappa shape index (κ1) is 14.8. The van der Waals surface area contributed by atoms with Gasteiger partial charge in [-0.3, -0.25) is 4.79 Å². The molecule has 1 aliphatic carbocycles. The van der Waals surface area contributed by atoms with Gasteiger partial charge in [0, 0.05) is 12.5 Å². The number of hydrogen-bond acceptors (Lipinski definition) is 4. The summed E-state index contributed by atoms with van der Waals surface area (Å²) in [5.41, 5.74) is 1.10. The van der Waals surface area contributed by atoms with Crippen molar-refractivity contribution >= 4 is 11.9 Å². The summed E-state index contributed by atoms with van der Waals surface area (Å²) in [7, 11) is 1.62. The Bertz CT molecular complexity index is 588. The van der Waals surface area contributed by atoms with Gasteiger partial charge in [0.15, 0.2) is 6.10 Å². The number of benzene rings is 1. The molecular weight excluding hydrogens is 286 g/mol. The Kier molecular flexibility index (Phi) is 4.02. The van der Waals surface area contributed by atoms with Gasteiger partial charge in [0.2, 0.25) is 5.91 Å². The normalized spacial score (nSPS) is 27.3. The van der Waals surface area contributed by atoms with Gasteiger partial charge in [0.05, 0.1) is 20.3 Å². The third kappa shape index (κ3) is 2.92. The third-order valence-corrected chi connectivity index (χ3v) is 4.28. The number of carboxylic acid groups (broad SMARTS) is 1. The van der Waals surface area contributed by atoms with E-state index in [0.29, 0.717) is 6.54 Å². The minimum Gasteiger partial charge on any atom is -0.497 e. The number of nitrogens with zero attached hydrogens (tertiary/aromatic N) is 1. The van der Waals surface area contributed by atoms with Crippen molar-refractivity contribution in [2.24, 2.45) is 5.92 Å². The minimum atomic E-state index is -1.02. The zero-order chi connectivity index (χ0) is 15.7. The van der Waals surface area contributed by atoms with E-state index >= 15 is 0 Å². The summed E-state index contributed by atoms with van der Waals surface area (Å²) in [5, 5.41) is 9.00. The van der Waals surface area contributed by atoms with Crippen molar-refractivity contribution in [3.63, 3.8) is 0 Å². The molecule has 0 spiro atoms. The minimum absolute atomic E-state index is 0.0300. The first-order valence-electron chi connectivity index (χ1n) is 7.37. The number of rotatable bonds is 4. The van der Waals surface area contributed by atoms with E-state index < -0.39 is 12.1 Å². The molecule has 3 rings (SSSR count). The highest BCUT2D eigenvalue weighted by atomic mass is 16.5. The highest BCUT2D eigenvalue weighted by Crippen LogP contribution is 2.49. The van der Waals surface area contributed by atoms with Gasteiger partial charge in [-0.05, 0) is 30.0 Å². The monoisotopic (exact) mass is 305 g/mol. The topological polar surface area (TPSA) is 76.1 Å². The summed E-state index contributed by atoms with van der Waals surface area (Å²) in [4.78, 5) is 25.1. The zero-order valence-electron chi connectivity index (χ0n) is 12.4. The van der Waals surface area contributed by atoms with Gasteiger partial charge in [-0.15, -0.1) is 0 Å². The Hall–Kier alpha value is -2.08. The molecule has 6 heteroatoms. The first-order valence-corrected chi connectivity index (χ1v) is 7.37. The van der Waals surface area contributed by atoms with Crippen molar-refractivity contribution in [1.82, 2.24) is 4.90 Å². The maximum atomic E-state index is 12.5. The zero-order valence-corrected chi connectivity index (χ0v) is 12.4. The highest BCUT2D eigenvalue weighted by molar-refractivity contribution is 5.84. The van der Waals surface area contributed by atoms with E-state index in [0.717, 1.165) is 17.7 Å². The fourth-order valence-corrected chi connectivity index (χ4v) is 2.94. The van der Waals surface area contributed by atoms with Gasteiger partial charge in [0.1, 0.15) is 5.75 Å². The quantitative estimate of drug-likeness (QED) is 0.902. The predicted molar refractivity (Wildman–Crippen MR) is 77.8 cm³/mol. The number of ether oxygens (including phenoxy) is 2. The average Bonchev–Trinajstić information content (AvgIpc) is 3.35. The van der Waals surface area contributed by atoms with Crippen LogP contribution in [-0.4, -0.2) is 54.8 Å². The van der Waals surface area contributed by atoms with Crippen LogP contribution in [-0.2, 0) is 14.3 Å². The van der Waals surface area contributed by atoms with E-state index in [-0.39, 0.29) is 30.9 Å². The van der Waals surface area contributed by atoms with E-state index in [1.165, 1.54) is 0 Å². The van der Waals surface area contributed by atoms with Crippen LogP contribution in [0.5, 0.6) is 5.75 Å². The largest absolute Gasteiger partial charge is 0.497 e. The molecule has 1 saturated carbocycles. The molecule has 1 aromatic rings. The summed E-state index contributed by atoms with van der Waals surface area (Å²) in [5.74, 6) is -0.0544. The number of morpholine rings is 1. The number of amides is 1. The van der Waals surface area contributed by atoms with Gasteiger partial charge in [-0.2, -0.15) is 0 Å². The molecule has 118 valence electrons. The summed E-state index contributed by atoms with van der Waals surface area (Å²) in [6, 6.07) is 7.75. The second-order valence-electron chi connectivity index (χ2n) is 5.71. The summed E-state index contributed by atoms with van der Waals surface area (Å²) in [6.45, 7) is 0.874. The van der Waals surface area contributed by atoms with Crippen molar-refractivity contribution in [2.45, 2.75) is 18.4 Å². The molecule has 2 aliphatic rings. The summed E-state index contributed by atoms with van der Waals surface area (Å²) in [6.07, 6.45) is -0.104. The van der Waals surface area contributed by atoms with Crippen molar-refractivity contribution in [3.05, 3.63) is 29.8 Å². The molecule has 22 heavy (non-hydrogen) atoms. The van der Waals surface area contributed by atoms with Gasteiger partial charge in [0.25, 0.3) is 0 Å². The van der Waals surface area contributed by atoms with E-state index in [9.17, 15) is 9.59 Å². The summed E-state index contributed by atoms with van der Waals surface area (Å²) >= 11 is 0. The van der Waals surface area contributed by atoms with E-state index in [1.54, 1.807) is 12.0 Å². The maximum Gasteiger partial charge on any atom is 0.334 e. The van der Waals surface area contributed by atoms with Crippen LogP contribution in [0, 0.1) is 5.92 Å². The van der Waals surface area contributed by atoms with Crippen LogP contribution in [0.15, 0.2) is 24.3 Å². The van der Waals surface area contributed by atoms with Gasteiger partial charge in [-0.25, -0.2) is 4.79 Å². The van der Waals surface area contributed by atoms with E-state index in [2.05, 4.69) is 0 Å². The Balaban J connectivity index is 1.63. The standard InChI is InChI=1S/C16H19NO5/c1-21-11-4-2-3-10(7-11)12-8-13(12)15(18)17-5-6-22-14(9-17)16(19)20/h2-4,7,12-14H,5-6,8-9H2,1H3,(H,19,20). The Labute approximate surface area is 128 Å². The molecule has 1 aliphatic heterocycles. The molecule has 3 unspecified atom stereocenters. The number of carboxylic acids is 1. The number of hydrogen-bond donors (Lipinski definition) is 1. The van der Waals surface area contributed by atoms with Crippen LogP contribution in [0.3, 0.4) is 0 Å². The maximum absolute atomic E-state index is 12.5. The molecule has 0 aromatic heterocycles. The van der Waals surface area contributed by atoms with Crippen molar-refractivity contribution in [2.75, 3.05) is 26.8 Å². The fraction of sp³-hybridized carbons (Fsp3) is 0.500. The number of carbonyl (C=O) groups is 2. The lowest BCUT2D eigenvalue weighted by Gasteiger charge is -2.31. The molecule has 0 radical (unpaired) electrons. The predicted octanol–water partition coefficient (Wildman–Crippen LogP) is 1.11.